The van der Waals surface area contributed by atoms with E-state index in [9.17, 15) is 0 Å². The van der Waals surface area contributed by atoms with E-state index in [0.717, 1.165) is 29.4 Å². The quantitative estimate of drug-likeness (QED) is 0.765. The van der Waals surface area contributed by atoms with Crippen LogP contribution in [0.1, 0.15) is 17.2 Å². The molecule has 0 aromatic heterocycles. The molecule has 0 bridgehead atoms. The van der Waals surface area contributed by atoms with Gasteiger partial charge in [0.2, 0.25) is 0 Å². The lowest BCUT2D eigenvalue weighted by Gasteiger charge is -2.16. The van der Waals surface area contributed by atoms with Crippen LogP contribution >= 0.6 is 23.4 Å². The van der Waals surface area contributed by atoms with Crippen molar-refractivity contribution in [3.05, 3.63) is 34.9 Å². The lowest BCUT2D eigenvalue weighted by Crippen LogP contribution is -2.10. The van der Waals surface area contributed by atoms with Gasteiger partial charge in [-0.3, -0.25) is 0 Å². The maximum atomic E-state index is 6.14. The van der Waals surface area contributed by atoms with Crippen molar-refractivity contribution in [1.29, 1.82) is 0 Å². The molecular weight excluding hydrogens is 242 g/mol. The molecule has 16 heavy (non-hydrogen) atoms. The third kappa shape index (κ3) is 4.34. The van der Waals surface area contributed by atoms with Crippen LogP contribution in [-0.4, -0.2) is 26.0 Å². The lowest BCUT2D eigenvalue weighted by atomic mass is 10.1. The van der Waals surface area contributed by atoms with Gasteiger partial charge in [-0.05, 0) is 23.8 Å². The van der Waals surface area contributed by atoms with Crippen LogP contribution in [0.2, 0.25) is 5.02 Å². The minimum atomic E-state index is 0.283. The topological polar surface area (TPSA) is 35.2 Å². The average molecular weight is 260 g/mol. The molecule has 4 heteroatoms. The molecule has 1 aromatic rings. The van der Waals surface area contributed by atoms with E-state index in [-0.39, 0.29) is 5.25 Å². The zero-order valence-corrected chi connectivity index (χ0v) is 11.1. The molecule has 2 N–H and O–H groups in total. The smallest absolute Gasteiger partial charge is 0.0470 e. The molecular formula is C12H18ClNOS. The van der Waals surface area contributed by atoms with E-state index in [4.69, 9.17) is 22.1 Å². The predicted molar refractivity (Wildman–Crippen MR) is 72.2 cm³/mol. The number of halogens is 1. The first-order valence-corrected chi connectivity index (χ1v) is 6.77. The highest BCUT2D eigenvalue weighted by atomic mass is 35.5. The third-order valence-electron chi connectivity index (χ3n) is 2.28. The van der Waals surface area contributed by atoms with Crippen molar-refractivity contribution in [3.63, 3.8) is 0 Å². The van der Waals surface area contributed by atoms with Gasteiger partial charge in [-0.2, -0.15) is 11.8 Å². The molecule has 1 rings (SSSR count). The Morgan fingerprint density at radius 3 is 2.81 bits per heavy atom. The van der Waals surface area contributed by atoms with Crippen molar-refractivity contribution in [2.24, 2.45) is 5.73 Å². The highest BCUT2D eigenvalue weighted by molar-refractivity contribution is 7.99. The second-order valence-electron chi connectivity index (χ2n) is 3.46. The van der Waals surface area contributed by atoms with Crippen LogP contribution in [0.5, 0.6) is 0 Å². The zero-order chi connectivity index (χ0) is 11.8. The van der Waals surface area contributed by atoms with Crippen LogP contribution in [0.25, 0.3) is 0 Å². The molecule has 0 aliphatic carbocycles. The van der Waals surface area contributed by atoms with Crippen molar-refractivity contribution >= 4 is 23.4 Å². The molecule has 1 aromatic carbocycles. The van der Waals surface area contributed by atoms with E-state index < -0.39 is 0 Å². The summed E-state index contributed by atoms with van der Waals surface area (Å²) in [7, 11) is 1.72. The van der Waals surface area contributed by atoms with Crippen molar-refractivity contribution in [2.45, 2.75) is 11.7 Å². The van der Waals surface area contributed by atoms with E-state index in [0.29, 0.717) is 6.54 Å². The number of methoxy groups -OCH3 is 1. The molecule has 0 spiro atoms. The van der Waals surface area contributed by atoms with Crippen molar-refractivity contribution in [1.82, 2.24) is 0 Å². The first-order valence-electron chi connectivity index (χ1n) is 5.34. The summed E-state index contributed by atoms with van der Waals surface area (Å²) in [6.45, 7) is 1.41. The molecule has 0 amide bonds. The van der Waals surface area contributed by atoms with Crippen LogP contribution < -0.4 is 5.73 Å². The fourth-order valence-electron chi connectivity index (χ4n) is 1.45. The second-order valence-corrected chi connectivity index (χ2v) is 5.18. The monoisotopic (exact) mass is 259 g/mol. The molecule has 0 radical (unpaired) electrons. The summed E-state index contributed by atoms with van der Waals surface area (Å²) < 4.78 is 5.02. The van der Waals surface area contributed by atoms with E-state index in [1.807, 2.05) is 36.0 Å². The molecule has 1 unspecified atom stereocenters. The van der Waals surface area contributed by atoms with Crippen LogP contribution in [0.3, 0.4) is 0 Å². The Balaban J connectivity index is 2.51. The lowest BCUT2D eigenvalue weighted by molar-refractivity contribution is 0.200. The molecule has 0 aliphatic heterocycles. The summed E-state index contributed by atoms with van der Waals surface area (Å²) in [6.07, 6.45) is 1.04. The predicted octanol–water partition coefficient (Wildman–Crippen LogP) is 3.11. The molecule has 0 saturated carbocycles. The van der Waals surface area contributed by atoms with Crippen LogP contribution in [0, 0.1) is 0 Å². The zero-order valence-electron chi connectivity index (χ0n) is 9.49. The van der Waals surface area contributed by atoms with E-state index in [2.05, 4.69) is 0 Å². The highest BCUT2D eigenvalue weighted by Crippen LogP contribution is 2.32. The molecule has 0 fully saturated rings. The highest BCUT2D eigenvalue weighted by Gasteiger charge is 2.12. The summed E-state index contributed by atoms with van der Waals surface area (Å²) in [4.78, 5) is 0. The SMILES string of the molecule is COCCCSC(CN)c1ccccc1Cl. The second kappa shape index (κ2) is 7.96. The molecule has 1 atom stereocenters. The maximum absolute atomic E-state index is 6.14. The first-order chi connectivity index (χ1) is 7.79. The van der Waals surface area contributed by atoms with Crippen LogP contribution in [0.4, 0.5) is 0 Å². The van der Waals surface area contributed by atoms with Gasteiger partial charge in [0.25, 0.3) is 0 Å². The van der Waals surface area contributed by atoms with E-state index in [1.165, 1.54) is 0 Å². The first kappa shape index (κ1) is 13.8. The number of ether oxygens (including phenoxy) is 1. The Morgan fingerprint density at radius 2 is 2.19 bits per heavy atom. The number of nitrogens with two attached hydrogens (primary N) is 1. The number of hydrogen-bond acceptors (Lipinski definition) is 3. The normalized spacial score (nSPS) is 12.7. The average Bonchev–Trinajstić information content (AvgIpc) is 2.31. The molecule has 2 nitrogen and oxygen atoms in total. The van der Waals surface area contributed by atoms with Gasteiger partial charge in [0.1, 0.15) is 0 Å². The van der Waals surface area contributed by atoms with Gasteiger partial charge in [0, 0.05) is 30.5 Å². The summed E-state index contributed by atoms with van der Waals surface area (Å²) in [6, 6.07) is 7.90. The Hall–Kier alpha value is -0.220. The fraction of sp³-hybridized carbons (Fsp3) is 0.500. The van der Waals surface area contributed by atoms with Gasteiger partial charge in [-0.15, -0.1) is 0 Å². The van der Waals surface area contributed by atoms with Gasteiger partial charge in [0.05, 0.1) is 0 Å². The van der Waals surface area contributed by atoms with E-state index >= 15 is 0 Å². The Bertz CT molecular complexity index is 309. The van der Waals surface area contributed by atoms with E-state index in [1.54, 1.807) is 7.11 Å². The molecule has 90 valence electrons. The third-order valence-corrected chi connectivity index (χ3v) is 4.00. The van der Waals surface area contributed by atoms with Crippen molar-refractivity contribution < 1.29 is 4.74 Å². The minimum absolute atomic E-state index is 0.283. The van der Waals surface area contributed by atoms with Crippen LogP contribution in [-0.2, 0) is 4.74 Å². The summed E-state index contributed by atoms with van der Waals surface area (Å²) in [5.41, 5.74) is 6.91. The summed E-state index contributed by atoms with van der Waals surface area (Å²) in [5.74, 6) is 1.04. The molecule has 0 aliphatic rings. The van der Waals surface area contributed by atoms with Gasteiger partial charge >= 0.3 is 0 Å². The fourth-order valence-corrected chi connectivity index (χ4v) is 2.87. The number of rotatable bonds is 7. The van der Waals surface area contributed by atoms with Gasteiger partial charge in [0.15, 0.2) is 0 Å². The largest absolute Gasteiger partial charge is 0.385 e. The van der Waals surface area contributed by atoms with Crippen molar-refractivity contribution in [2.75, 3.05) is 26.0 Å². The van der Waals surface area contributed by atoms with Gasteiger partial charge in [-0.25, -0.2) is 0 Å². The van der Waals surface area contributed by atoms with Gasteiger partial charge in [-0.1, -0.05) is 29.8 Å². The van der Waals surface area contributed by atoms with Gasteiger partial charge < -0.3 is 10.5 Å². The Morgan fingerprint density at radius 1 is 1.44 bits per heavy atom. The number of thioether (sulfide) groups is 1. The Labute approximate surface area is 107 Å². The number of hydrogen-bond donors (Lipinski definition) is 1. The minimum Gasteiger partial charge on any atom is -0.385 e. The summed E-state index contributed by atoms with van der Waals surface area (Å²) in [5, 5.41) is 1.09. The maximum Gasteiger partial charge on any atom is 0.0470 e. The number of benzene rings is 1. The molecule has 0 saturated heterocycles. The van der Waals surface area contributed by atoms with Crippen molar-refractivity contribution in [3.8, 4) is 0 Å². The summed E-state index contributed by atoms with van der Waals surface area (Å²) >= 11 is 7.98. The Kier molecular flexibility index (Phi) is 6.88. The molecule has 0 heterocycles. The standard InChI is InChI=1S/C12H18ClNOS/c1-15-7-4-8-16-12(9-14)10-5-2-3-6-11(10)13/h2-3,5-6,12H,4,7-9,14H2,1H3. The van der Waals surface area contributed by atoms with Crippen LogP contribution in [0.15, 0.2) is 24.3 Å².